The standard InChI is InChI=1S/C10H16N4/c1-10(2,3)9-12-7(6-11)8(13-9)14(4)5/h1-5H3,(H,12,13). The number of nitrogens with zero attached hydrogens (tertiary/aromatic N) is 3. The molecular formula is C10H16N4. The molecule has 1 aromatic rings. The van der Waals surface area contributed by atoms with Crippen LogP contribution < -0.4 is 4.90 Å². The molecule has 0 saturated carbocycles. The van der Waals surface area contributed by atoms with Crippen LogP contribution >= 0.6 is 0 Å². The van der Waals surface area contributed by atoms with Crippen molar-refractivity contribution in [2.45, 2.75) is 26.2 Å². The fourth-order valence-electron chi connectivity index (χ4n) is 1.12. The number of imidazole rings is 1. The molecular weight excluding hydrogens is 176 g/mol. The largest absolute Gasteiger partial charge is 0.360 e. The molecule has 0 fully saturated rings. The molecule has 76 valence electrons. The average Bonchev–Trinajstić information content (AvgIpc) is 2.45. The second kappa shape index (κ2) is 3.33. The molecule has 0 unspecified atom stereocenters. The molecule has 1 N–H and O–H groups in total. The van der Waals surface area contributed by atoms with Crippen LogP contribution in [0.15, 0.2) is 0 Å². The lowest BCUT2D eigenvalue weighted by atomic mass is 9.96. The van der Waals surface area contributed by atoms with E-state index < -0.39 is 0 Å². The molecule has 0 radical (unpaired) electrons. The number of rotatable bonds is 1. The van der Waals surface area contributed by atoms with Crippen LogP contribution in [-0.2, 0) is 5.41 Å². The third-order valence-electron chi connectivity index (χ3n) is 1.93. The molecule has 14 heavy (non-hydrogen) atoms. The van der Waals surface area contributed by atoms with Crippen LogP contribution in [0.3, 0.4) is 0 Å². The second-order valence-electron chi connectivity index (χ2n) is 4.54. The zero-order valence-electron chi connectivity index (χ0n) is 9.34. The van der Waals surface area contributed by atoms with Gasteiger partial charge in [0.25, 0.3) is 0 Å². The number of hydrogen-bond donors (Lipinski definition) is 1. The van der Waals surface area contributed by atoms with Crippen molar-refractivity contribution in [2.75, 3.05) is 19.0 Å². The quantitative estimate of drug-likeness (QED) is 0.736. The van der Waals surface area contributed by atoms with Gasteiger partial charge in [-0.2, -0.15) is 5.26 Å². The van der Waals surface area contributed by atoms with Crippen LogP contribution in [-0.4, -0.2) is 24.1 Å². The number of nitriles is 1. The fraction of sp³-hybridized carbons (Fsp3) is 0.600. The van der Waals surface area contributed by atoms with Gasteiger partial charge in [-0.15, -0.1) is 0 Å². The van der Waals surface area contributed by atoms with Gasteiger partial charge in [0, 0.05) is 19.5 Å². The summed E-state index contributed by atoms with van der Waals surface area (Å²) in [5.41, 5.74) is 0.472. The second-order valence-corrected chi connectivity index (χ2v) is 4.54. The summed E-state index contributed by atoms with van der Waals surface area (Å²) in [7, 11) is 3.76. The minimum atomic E-state index is -0.0557. The third-order valence-corrected chi connectivity index (χ3v) is 1.93. The number of anilines is 1. The van der Waals surface area contributed by atoms with Crippen LogP contribution in [0.25, 0.3) is 0 Å². The predicted octanol–water partition coefficient (Wildman–Crippen LogP) is 1.64. The first-order valence-electron chi connectivity index (χ1n) is 4.54. The molecule has 0 aromatic carbocycles. The van der Waals surface area contributed by atoms with Gasteiger partial charge in [-0.3, -0.25) is 0 Å². The van der Waals surface area contributed by atoms with Gasteiger partial charge in [0.1, 0.15) is 11.9 Å². The number of nitrogens with one attached hydrogen (secondary N) is 1. The summed E-state index contributed by atoms with van der Waals surface area (Å²) in [6.45, 7) is 6.19. The van der Waals surface area contributed by atoms with Crippen LogP contribution in [0.1, 0.15) is 32.3 Å². The summed E-state index contributed by atoms with van der Waals surface area (Å²) in [4.78, 5) is 9.28. The predicted molar refractivity (Wildman–Crippen MR) is 56.3 cm³/mol. The highest BCUT2D eigenvalue weighted by Gasteiger charge is 2.21. The Bertz CT molecular complexity index is 362. The Hall–Kier alpha value is -1.50. The van der Waals surface area contributed by atoms with Crippen LogP contribution in [0.2, 0.25) is 0 Å². The highest BCUT2D eigenvalue weighted by molar-refractivity contribution is 5.50. The van der Waals surface area contributed by atoms with Crippen molar-refractivity contribution >= 4 is 5.82 Å². The Balaban J connectivity index is 3.22. The number of aromatic amines is 1. The Labute approximate surface area is 84.6 Å². The smallest absolute Gasteiger partial charge is 0.165 e. The Morgan fingerprint density at radius 3 is 2.21 bits per heavy atom. The molecule has 0 aliphatic heterocycles. The Kier molecular flexibility index (Phi) is 2.52. The van der Waals surface area contributed by atoms with Gasteiger partial charge in [-0.1, -0.05) is 20.8 Å². The average molecular weight is 192 g/mol. The topological polar surface area (TPSA) is 55.7 Å². The van der Waals surface area contributed by atoms with E-state index in [1.54, 1.807) is 0 Å². The monoisotopic (exact) mass is 192 g/mol. The molecule has 0 aliphatic rings. The molecule has 0 spiro atoms. The zero-order chi connectivity index (χ0) is 10.9. The van der Waals surface area contributed by atoms with E-state index in [-0.39, 0.29) is 5.41 Å². The molecule has 1 heterocycles. The number of aromatic nitrogens is 2. The van der Waals surface area contributed by atoms with Crippen molar-refractivity contribution in [3.63, 3.8) is 0 Å². The van der Waals surface area contributed by atoms with E-state index in [1.165, 1.54) is 0 Å². The first-order chi connectivity index (χ1) is 6.36. The van der Waals surface area contributed by atoms with Gasteiger partial charge in [0.15, 0.2) is 11.5 Å². The summed E-state index contributed by atoms with van der Waals surface area (Å²) < 4.78 is 0. The van der Waals surface area contributed by atoms with E-state index >= 15 is 0 Å². The lowest BCUT2D eigenvalue weighted by Crippen LogP contribution is -2.14. The van der Waals surface area contributed by atoms with Gasteiger partial charge >= 0.3 is 0 Å². The lowest BCUT2D eigenvalue weighted by Gasteiger charge is -2.14. The molecule has 4 nitrogen and oxygen atoms in total. The molecule has 1 rings (SSSR count). The highest BCUT2D eigenvalue weighted by atomic mass is 15.2. The fourth-order valence-corrected chi connectivity index (χ4v) is 1.12. The van der Waals surface area contributed by atoms with Gasteiger partial charge in [-0.25, -0.2) is 4.98 Å². The van der Waals surface area contributed by atoms with Gasteiger partial charge in [-0.05, 0) is 0 Å². The summed E-state index contributed by atoms with van der Waals surface area (Å²) in [6, 6.07) is 2.11. The molecule has 0 bridgehead atoms. The first-order valence-corrected chi connectivity index (χ1v) is 4.54. The van der Waals surface area contributed by atoms with Gasteiger partial charge < -0.3 is 9.88 Å². The summed E-state index contributed by atoms with van der Waals surface area (Å²) in [6.07, 6.45) is 0. The lowest BCUT2D eigenvalue weighted by molar-refractivity contribution is 0.552. The van der Waals surface area contributed by atoms with E-state index in [9.17, 15) is 0 Å². The zero-order valence-corrected chi connectivity index (χ0v) is 9.34. The van der Waals surface area contributed by atoms with E-state index in [2.05, 4.69) is 36.8 Å². The van der Waals surface area contributed by atoms with E-state index in [0.717, 1.165) is 5.82 Å². The molecule has 0 saturated heterocycles. The summed E-state index contributed by atoms with van der Waals surface area (Å²) >= 11 is 0. The van der Waals surface area contributed by atoms with Crippen molar-refractivity contribution in [3.8, 4) is 6.07 Å². The molecule has 4 heteroatoms. The van der Waals surface area contributed by atoms with E-state index in [0.29, 0.717) is 11.5 Å². The molecule has 0 aliphatic carbocycles. The number of H-pyrrole nitrogens is 1. The van der Waals surface area contributed by atoms with Crippen LogP contribution in [0.4, 0.5) is 5.82 Å². The van der Waals surface area contributed by atoms with Gasteiger partial charge in [0.05, 0.1) is 0 Å². The van der Waals surface area contributed by atoms with Crippen molar-refractivity contribution in [1.82, 2.24) is 9.97 Å². The normalized spacial score (nSPS) is 11.1. The minimum absolute atomic E-state index is 0.0557. The van der Waals surface area contributed by atoms with Crippen molar-refractivity contribution < 1.29 is 0 Å². The minimum Gasteiger partial charge on any atom is -0.360 e. The molecule has 0 amide bonds. The van der Waals surface area contributed by atoms with E-state index in [1.807, 2.05) is 19.0 Å². The maximum absolute atomic E-state index is 8.90. The first kappa shape index (κ1) is 10.6. The van der Waals surface area contributed by atoms with Crippen molar-refractivity contribution in [1.29, 1.82) is 5.26 Å². The van der Waals surface area contributed by atoms with Crippen molar-refractivity contribution in [2.24, 2.45) is 0 Å². The van der Waals surface area contributed by atoms with E-state index in [4.69, 9.17) is 5.26 Å². The molecule has 1 aromatic heterocycles. The SMILES string of the molecule is CN(C)c1nc(C(C)(C)C)[nH]c1C#N. The number of hydrogen-bond acceptors (Lipinski definition) is 3. The van der Waals surface area contributed by atoms with Crippen LogP contribution in [0.5, 0.6) is 0 Å². The molecule has 0 atom stereocenters. The van der Waals surface area contributed by atoms with Gasteiger partial charge in [0.2, 0.25) is 0 Å². The summed E-state index contributed by atoms with van der Waals surface area (Å²) in [5.74, 6) is 1.55. The van der Waals surface area contributed by atoms with Crippen LogP contribution in [0, 0.1) is 11.3 Å². The summed E-state index contributed by atoms with van der Waals surface area (Å²) in [5, 5.41) is 8.90. The highest BCUT2D eigenvalue weighted by Crippen LogP contribution is 2.23. The third kappa shape index (κ3) is 1.87. The maximum atomic E-state index is 8.90. The maximum Gasteiger partial charge on any atom is 0.165 e. The Morgan fingerprint density at radius 1 is 1.36 bits per heavy atom. The Morgan fingerprint density at radius 2 is 1.93 bits per heavy atom. The van der Waals surface area contributed by atoms with Crippen molar-refractivity contribution in [3.05, 3.63) is 11.5 Å².